The minimum Gasteiger partial charge on any atom is -0.382 e. The molecule has 1 aliphatic rings. The van der Waals surface area contributed by atoms with E-state index in [2.05, 4.69) is 38.9 Å². The van der Waals surface area contributed by atoms with E-state index in [4.69, 9.17) is 4.74 Å². The summed E-state index contributed by atoms with van der Waals surface area (Å²) in [5, 5.41) is 8.99. The van der Waals surface area contributed by atoms with Gasteiger partial charge in [-0.1, -0.05) is 0 Å². The molecule has 2 heterocycles. The fourth-order valence-corrected chi connectivity index (χ4v) is 3.66. The predicted molar refractivity (Wildman–Crippen MR) is 114 cm³/mol. The minimum atomic E-state index is 0. The van der Waals surface area contributed by atoms with Crippen LogP contribution in [-0.2, 0) is 17.7 Å². The summed E-state index contributed by atoms with van der Waals surface area (Å²) in [7, 11) is 1.82. The summed E-state index contributed by atoms with van der Waals surface area (Å²) in [6.45, 7) is 9.90. The van der Waals surface area contributed by atoms with Crippen LogP contribution in [-0.4, -0.2) is 56.8 Å². The number of halogens is 1. The van der Waals surface area contributed by atoms with Crippen molar-refractivity contribution in [2.24, 2.45) is 4.99 Å². The van der Waals surface area contributed by atoms with Crippen molar-refractivity contribution in [1.82, 2.24) is 15.5 Å². The Labute approximate surface area is 167 Å². The van der Waals surface area contributed by atoms with Crippen molar-refractivity contribution in [3.05, 3.63) is 21.9 Å². The van der Waals surface area contributed by atoms with E-state index in [9.17, 15) is 0 Å². The lowest BCUT2D eigenvalue weighted by Crippen LogP contribution is -2.47. The van der Waals surface area contributed by atoms with Crippen molar-refractivity contribution in [3.63, 3.8) is 0 Å². The molecule has 0 aromatic carbocycles. The van der Waals surface area contributed by atoms with E-state index in [0.717, 1.165) is 51.8 Å². The van der Waals surface area contributed by atoms with E-state index in [1.807, 2.05) is 25.3 Å². The van der Waals surface area contributed by atoms with Crippen LogP contribution < -0.4 is 10.6 Å². The minimum absolute atomic E-state index is 0. The second-order valence-electron chi connectivity index (χ2n) is 5.87. The Bertz CT molecular complexity index is 495. The van der Waals surface area contributed by atoms with Crippen LogP contribution in [0.2, 0.25) is 0 Å². The Hall–Kier alpha value is -0.380. The van der Waals surface area contributed by atoms with E-state index in [1.165, 1.54) is 12.0 Å². The smallest absolute Gasteiger partial charge is 0.191 e. The highest BCUT2D eigenvalue weighted by Crippen LogP contribution is 2.24. The van der Waals surface area contributed by atoms with Crippen LogP contribution in [0.15, 0.2) is 16.4 Å². The number of nitrogens with one attached hydrogen (secondary N) is 2. The van der Waals surface area contributed by atoms with Crippen molar-refractivity contribution in [2.45, 2.75) is 39.3 Å². The van der Waals surface area contributed by atoms with E-state index < -0.39 is 0 Å². The molecule has 0 saturated carbocycles. The highest BCUT2D eigenvalue weighted by Gasteiger charge is 2.21. The van der Waals surface area contributed by atoms with Crippen molar-refractivity contribution in [2.75, 3.05) is 39.9 Å². The molecule has 2 rings (SSSR count). The number of hydrogen-bond donors (Lipinski definition) is 2. The van der Waals surface area contributed by atoms with Gasteiger partial charge in [-0.25, -0.2) is 0 Å². The van der Waals surface area contributed by atoms with Crippen LogP contribution in [0.1, 0.15) is 30.7 Å². The maximum atomic E-state index is 5.34. The summed E-state index contributed by atoms with van der Waals surface area (Å²) in [6, 6.07) is 2.76. The molecule has 1 aromatic heterocycles. The summed E-state index contributed by atoms with van der Waals surface area (Å²) < 4.78 is 5.34. The summed E-state index contributed by atoms with van der Waals surface area (Å²) >= 11 is 1.89. The Balaban J connectivity index is 0.00000288. The zero-order chi connectivity index (χ0) is 16.5. The Kier molecular flexibility index (Phi) is 10.9. The molecule has 0 fully saturated rings. The first kappa shape index (κ1) is 21.7. The van der Waals surface area contributed by atoms with Gasteiger partial charge in [-0.2, -0.15) is 0 Å². The molecule has 0 aliphatic carbocycles. The largest absolute Gasteiger partial charge is 0.382 e. The van der Waals surface area contributed by atoms with Gasteiger partial charge < -0.3 is 15.4 Å². The molecular formula is C17H31IN4OS. The monoisotopic (exact) mass is 466 g/mol. The van der Waals surface area contributed by atoms with Crippen LogP contribution in [0.3, 0.4) is 0 Å². The third kappa shape index (κ3) is 6.85. The zero-order valence-electron chi connectivity index (χ0n) is 15.0. The Morgan fingerprint density at radius 1 is 1.46 bits per heavy atom. The van der Waals surface area contributed by atoms with Gasteiger partial charge in [0.1, 0.15) is 0 Å². The molecule has 1 unspecified atom stereocenters. The summed E-state index contributed by atoms with van der Waals surface area (Å²) in [5.41, 5.74) is 1.51. The predicted octanol–water partition coefficient (Wildman–Crippen LogP) is 2.70. The molecule has 138 valence electrons. The first-order valence-corrected chi connectivity index (χ1v) is 9.44. The van der Waals surface area contributed by atoms with Crippen molar-refractivity contribution in [1.29, 1.82) is 0 Å². The molecule has 1 aliphatic heterocycles. The maximum Gasteiger partial charge on any atom is 0.191 e. The third-order valence-electron chi connectivity index (χ3n) is 4.21. The van der Waals surface area contributed by atoms with E-state index in [1.54, 1.807) is 4.88 Å². The number of nitrogens with zero attached hydrogens (tertiary/aromatic N) is 2. The topological polar surface area (TPSA) is 48.9 Å². The third-order valence-corrected chi connectivity index (χ3v) is 5.23. The number of fused-ring (bicyclic) bond motifs is 1. The Morgan fingerprint density at radius 2 is 2.29 bits per heavy atom. The number of thiophene rings is 1. The van der Waals surface area contributed by atoms with E-state index in [-0.39, 0.29) is 24.0 Å². The quantitative estimate of drug-likeness (QED) is 0.268. The van der Waals surface area contributed by atoms with Gasteiger partial charge in [0.05, 0.1) is 0 Å². The number of hydrogen-bond acceptors (Lipinski definition) is 4. The number of guanidine groups is 1. The first-order chi connectivity index (χ1) is 11.2. The van der Waals surface area contributed by atoms with E-state index >= 15 is 0 Å². The SMILES string of the molecule is CCOCCCNC(=NC)NCC(C)N1CCc2sccc2C1.I. The standard InChI is InChI=1S/C17H30N4OS.HI/c1-4-22-10-5-8-19-17(18-3)20-12-14(2)21-9-6-16-15(13-21)7-11-23-16;/h7,11,14H,4-6,8-10,12-13H2,1-3H3,(H2,18,19,20);1H. The summed E-state index contributed by atoms with van der Waals surface area (Å²) in [4.78, 5) is 8.40. The Morgan fingerprint density at radius 3 is 3.04 bits per heavy atom. The van der Waals surface area contributed by atoms with Crippen LogP contribution in [0.5, 0.6) is 0 Å². The number of aliphatic imine (C=N–C) groups is 1. The lowest BCUT2D eigenvalue weighted by atomic mass is 10.1. The second kappa shape index (κ2) is 12.1. The average Bonchev–Trinajstić information content (AvgIpc) is 3.04. The lowest BCUT2D eigenvalue weighted by Gasteiger charge is -2.32. The molecule has 0 amide bonds. The van der Waals surface area contributed by atoms with Gasteiger partial charge in [0.25, 0.3) is 0 Å². The molecule has 7 heteroatoms. The fourth-order valence-electron chi connectivity index (χ4n) is 2.77. The first-order valence-electron chi connectivity index (χ1n) is 8.56. The molecule has 0 bridgehead atoms. The van der Waals surface area contributed by atoms with Gasteiger partial charge in [-0.05, 0) is 43.7 Å². The van der Waals surface area contributed by atoms with E-state index in [0.29, 0.717) is 6.04 Å². The molecule has 0 saturated heterocycles. The van der Waals surface area contributed by atoms with Gasteiger partial charge in [0, 0.05) is 57.4 Å². The number of ether oxygens (including phenoxy) is 1. The fraction of sp³-hybridized carbons (Fsp3) is 0.706. The van der Waals surface area contributed by atoms with Gasteiger partial charge in [0.2, 0.25) is 0 Å². The van der Waals surface area contributed by atoms with Crippen LogP contribution in [0.25, 0.3) is 0 Å². The van der Waals surface area contributed by atoms with Crippen molar-refractivity contribution in [3.8, 4) is 0 Å². The molecule has 0 spiro atoms. The van der Waals surface area contributed by atoms with Gasteiger partial charge >= 0.3 is 0 Å². The second-order valence-corrected chi connectivity index (χ2v) is 6.87. The molecule has 1 atom stereocenters. The lowest BCUT2D eigenvalue weighted by molar-refractivity contribution is 0.145. The molecule has 2 N–H and O–H groups in total. The molecule has 0 radical (unpaired) electrons. The van der Waals surface area contributed by atoms with Crippen LogP contribution in [0.4, 0.5) is 0 Å². The highest BCUT2D eigenvalue weighted by atomic mass is 127. The van der Waals surface area contributed by atoms with Crippen molar-refractivity contribution >= 4 is 41.3 Å². The van der Waals surface area contributed by atoms with Gasteiger partial charge in [0.15, 0.2) is 5.96 Å². The highest BCUT2D eigenvalue weighted by molar-refractivity contribution is 14.0. The maximum absolute atomic E-state index is 5.34. The van der Waals surface area contributed by atoms with Crippen molar-refractivity contribution < 1.29 is 4.74 Å². The molecule has 24 heavy (non-hydrogen) atoms. The summed E-state index contributed by atoms with van der Waals surface area (Å²) in [5.74, 6) is 0.876. The van der Waals surface area contributed by atoms with Gasteiger partial charge in [-0.3, -0.25) is 9.89 Å². The van der Waals surface area contributed by atoms with Gasteiger partial charge in [-0.15, -0.1) is 35.3 Å². The molecule has 5 nitrogen and oxygen atoms in total. The molecule has 1 aromatic rings. The molecular weight excluding hydrogens is 435 g/mol. The van der Waals surface area contributed by atoms with Crippen LogP contribution in [0, 0.1) is 0 Å². The zero-order valence-corrected chi connectivity index (χ0v) is 18.2. The average molecular weight is 466 g/mol. The summed E-state index contributed by atoms with van der Waals surface area (Å²) in [6.07, 6.45) is 2.18. The van der Waals surface area contributed by atoms with Crippen LogP contribution >= 0.6 is 35.3 Å². The number of rotatable bonds is 8. The normalized spacial score (nSPS) is 16.2.